The smallest absolute Gasteiger partial charge is 0.330 e. The normalized spacial score (nSPS) is 15.8. The summed E-state index contributed by atoms with van der Waals surface area (Å²) in [5, 5.41) is 3.27. The summed E-state index contributed by atoms with van der Waals surface area (Å²) in [7, 11) is 5.59. The number of nitrogens with one attached hydrogen (secondary N) is 1. The van der Waals surface area contributed by atoms with Crippen molar-refractivity contribution in [3.8, 4) is 5.75 Å². The maximum Gasteiger partial charge on any atom is 0.330 e. The van der Waals surface area contributed by atoms with E-state index in [-0.39, 0.29) is 11.7 Å². The lowest BCUT2D eigenvalue weighted by Crippen LogP contribution is -2.29. The van der Waals surface area contributed by atoms with Gasteiger partial charge in [-0.15, -0.1) is 0 Å². The molecule has 2 aromatic heterocycles. The van der Waals surface area contributed by atoms with Gasteiger partial charge in [0.05, 0.1) is 19.0 Å². The number of aromatic nitrogens is 4. The third-order valence-electron chi connectivity index (χ3n) is 6.01. The predicted octanol–water partition coefficient (Wildman–Crippen LogP) is 3.27. The van der Waals surface area contributed by atoms with Gasteiger partial charge in [0.1, 0.15) is 11.3 Å². The average Bonchev–Trinajstić information content (AvgIpc) is 2.99. The van der Waals surface area contributed by atoms with Gasteiger partial charge in [0.15, 0.2) is 5.65 Å². The first-order chi connectivity index (χ1) is 14.4. The average molecular weight is 411 g/mol. The first-order valence-electron chi connectivity index (χ1n) is 10.5. The molecule has 0 saturated carbocycles. The van der Waals surface area contributed by atoms with Crippen LogP contribution in [0.2, 0.25) is 0 Å². The molecule has 0 unspecified atom stereocenters. The number of anilines is 2. The summed E-state index contributed by atoms with van der Waals surface area (Å²) >= 11 is 0. The zero-order chi connectivity index (χ0) is 21.4. The minimum absolute atomic E-state index is 0.00677. The third kappa shape index (κ3) is 3.67. The number of hydrogen-bond donors (Lipinski definition) is 1. The molecule has 3 heterocycles. The molecule has 1 aliphatic heterocycles. The molecule has 1 N–H and O–H groups in total. The van der Waals surface area contributed by atoms with E-state index in [0.29, 0.717) is 23.0 Å². The highest BCUT2D eigenvalue weighted by molar-refractivity contribution is 5.73. The van der Waals surface area contributed by atoms with E-state index in [2.05, 4.69) is 39.4 Å². The highest BCUT2D eigenvalue weighted by Crippen LogP contribution is 2.34. The summed E-state index contributed by atoms with van der Waals surface area (Å²) in [6.45, 7) is 6.19. The Hall–Kier alpha value is -2.87. The third-order valence-corrected chi connectivity index (χ3v) is 6.01. The van der Waals surface area contributed by atoms with Gasteiger partial charge in [0, 0.05) is 13.1 Å². The molecule has 1 aromatic carbocycles. The summed E-state index contributed by atoms with van der Waals surface area (Å²) in [6.07, 6.45) is 4.00. The number of fused-ring (bicyclic) bond motifs is 1. The van der Waals surface area contributed by atoms with E-state index < -0.39 is 0 Å². The van der Waals surface area contributed by atoms with Gasteiger partial charge in [0.25, 0.3) is 0 Å². The number of benzene rings is 1. The molecule has 0 spiro atoms. The molecule has 3 aromatic rings. The number of ether oxygens (including phenoxy) is 1. The molecule has 0 amide bonds. The van der Waals surface area contributed by atoms with Gasteiger partial charge >= 0.3 is 5.69 Å². The van der Waals surface area contributed by atoms with Crippen molar-refractivity contribution in [1.29, 1.82) is 0 Å². The summed E-state index contributed by atoms with van der Waals surface area (Å²) in [4.78, 5) is 23.9. The molecule has 1 aliphatic rings. The Bertz CT molecular complexity index is 1110. The Balaban J connectivity index is 1.64. The zero-order valence-electron chi connectivity index (χ0n) is 18.3. The van der Waals surface area contributed by atoms with Crippen LogP contribution in [0, 0.1) is 0 Å². The Kier molecular flexibility index (Phi) is 5.51. The van der Waals surface area contributed by atoms with Crippen molar-refractivity contribution >= 4 is 22.8 Å². The SMILES string of the molecule is COc1cc(C2CCN(C)CC2)ccc1Nc1ncc2c(n1)n(C(C)C)c(=O)n2C. The molecule has 4 rings (SSSR count). The maximum absolute atomic E-state index is 12.5. The Morgan fingerprint density at radius 1 is 1.20 bits per heavy atom. The van der Waals surface area contributed by atoms with Crippen LogP contribution in [0.1, 0.15) is 44.2 Å². The lowest BCUT2D eigenvalue weighted by atomic mass is 9.89. The van der Waals surface area contributed by atoms with Gasteiger partial charge in [-0.1, -0.05) is 6.07 Å². The van der Waals surface area contributed by atoms with E-state index in [0.717, 1.165) is 37.4 Å². The van der Waals surface area contributed by atoms with Crippen LogP contribution in [0.3, 0.4) is 0 Å². The van der Waals surface area contributed by atoms with Crippen molar-refractivity contribution in [3.05, 3.63) is 40.4 Å². The van der Waals surface area contributed by atoms with Gasteiger partial charge in [-0.3, -0.25) is 9.13 Å². The van der Waals surface area contributed by atoms with Crippen molar-refractivity contribution < 1.29 is 4.74 Å². The van der Waals surface area contributed by atoms with Crippen LogP contribution in [0.15, 0.2) is 29.2 Å². The number of hydrogen-bond acceptors (Lipinski definition) is 6. The summed E-state index contributed by atoms with van der Waals surface area (Å²) < 4.78 is 8.92. The van der Waals surface area contributed by atoms with Crippen molar-refractivity contribution in [2.45, 2.75) is 38.6 Å². The van der Waals surface area contributed by atoms with Crippen LogP contribution in [0.25, 0.3) is 11.2 Å². The topological polar surface area (TPSA) is 77.2 Å². The van der Waals surface area contributed by atoms with Gasteiger partial charge in [-0.2, -0.15) is 4.98 Å². The first-order valence-corrected chi connectivity index (χ1v) is 10.5. The molecule has 0 atom stereocenters. The second kappa shape index (κ2) is 8.10. The van der Waals surface area contributed by atoms with Crippen LogP contribution >= 0.6 is 0 Å². The Morgan fingerprint density at radius 2 is 1.93 bits per heavy atom. The number of imidazole rings is 1. The number of rotatable bonds is 5. The molecule has 8 heteroatoms. The molecule has 0 aliphatic carbocycles. The minimum Gasteiger partial charge on any atom is -0.495 e. The number of methoxy groups -OCH3 is 1. The van der Waals surface area contributed by atoms with Gasteiger partial charge < -0.3 is 15.0 Å². The molecule has 8 nitrogen and oxygen atoms in total. The predicted molar refractivity (Wildman–Crippen MR) is 119 cm³/mol. The van der Waals surface area contributed by atoms with Crippen LogP contribution in [0.4, 0.5) is 11.6 Å². The fourth-order valence-corrected chi connectivity index (χ4v) is 4.19. The molecular weight excluding hydrogens is 380 g/mol. The highest BCUT2D eigenvalue weighted by Gasteiger charge is 2.20. The van der Waals surface area contributed by atoms with Gasteiger partial charge in [0.2, 0.25) is 5.95 Å². The fourth-order valence-electron chi connectivity index (χ4n) is 4.19. The van der Waals surface area contributed by atoms with Gasteiger partial charge in [-0.25, -0.2) is 9.78 Å². The molecule has 1 saturated heterocycles. The highest BCUT2D eigenvalue weighted by atomic mass is 16.5. The Labute approximate surface area is 176 Å². The van der Waals surface area contributed by atoms with E-state index >= 15 is 0 Å². The minimum atomic E-state index is -0.0912. The molecule has 30 heavy (non-hydrogen) atoms. The quantitative estimate of drug-likeness (QED) is 0.696. The molecular formula is C22H30N6O2. The second-order valence-corrected chi connectivity index (χ2v) is 8.37. The molecule has 160 valence electrons. The largest absolute Gasteiger partial charge is 0.495 e. The molecule has 1 fully saturated rings. The first kappa shape index (κ1) is 20.4. The van der Waals surface area contributed by atoms with E-state index in [1.807, 2.05) is 19.9 Å². The number of nitrogens with zero attached hydrogens (tertiary/aromatic N) is 5. The van der Waals surface area contributed by atoms with Crippen LogP contribution < -0.4 is 15.7 Å². The number of likely N-dealkylation sites (tertiary alicyclic amines) is 1. The van der Waals surface area contributed by atoms with E-state index in [1.54, 1.807) is 29.5 Å². The molecule has 0 bridgehead atoms. The van der Waals surface area contributed by atoms with Crippen molar-refractivity contribution in [2.24, 2.45) is 7.05 Å². The van der Waals surface area contributed by atoms with E-state index in [4.69, 9.17) is 4.74 Å². The summed E-state index contributed by atoms with van der Waals surface area (Å²) in [5.74, 6) is 1.76. The number of aryl methyl sites for hydroxylation is 1. The Morgan fingerprint density at radius 3 is 2.60 bits per heavy atom. The van der Waals surface area contributed by atoms with Crippen LogP contribution in [0.5, 0.6) is 5.75 Å². The van der Waals surface area contributed by atoms with E-state index in [1.165, 1.54) is 5.56 Å². The van der Waals surface area contributed by atoms with Crippen molar-refractivity contribution in [2.75, 3.05) is 32.6 Å². The maximum atomic E-state index is 12.5. The van der Waals surface area contributed by atoms with Crippen LogP contribution in [-0.2, 0) is 7.05 Å². The lowest BCUT2D eigenvalue weighted by molar-refractivity contribution is 0.255. The van der Waals surface area contributed by atoms with Gasteiger partial charge in [-0.05, 0) is 70.4 Å². The fraction of sp³-hybridized carbons (Fsp3) is 0.500. The monoisotopic (exact) mass is 410 g/mol. The lowest BCUT2D eigenvalue weighted by Gasteiger charge is -2.29. The van der Waals surface area contributed by atoms with E-state index in [9.17, 15) is 4.79 Å². The number of piperidine rings is 1. The zero-order valence-corrected chi connectivity index (χ0v) is 18.3. The van der Waals surface area contributed by atoms with Crippen LogP contribution in [-0.4, -0.2) is 51.2 Å². The summed E-state index contributed by atoms with van der Waals surface area (Å²) in [5.41, 5.74) is 3.36. The molecule has 0 radical (unpaired) electrons. The standard InChI is InChI=1S/C22H30N6O2/c1-14(2)28-20-18(27(4)22(28)29)13-23-21(25-20)24-17-7-6-16(12-19(17)30-5)15-8-10-26(3)11-9-15/h6-7,12-15H,8-11H2,1-5H3,(H,23,24,25). The van der Waals surface area contributed by atoms with Crippen molar-refractivity contribution in [3.63, 3.8) is 0 Å². The summed E-state index contributed by atoms with van der Waals surface area (Å²) in [6, 6.07) is 6.31. The second-order valence-electron chi connectivity index (χ2n) is 8.37. The van der Waals surface area contributed by atoms with Crippen molar-refractivity contribution in [1.82, 2.24) is 24.0 Å².